The van der Waals surface area contributed by atoms with Crippen LogP contribution in [0.4, 0.5) is 0 Å². The van der Waals surface area contributed by atoms with E-state index >= 15 is 0 Å². The third-order valence-electron chi connectivity index (χ3n) is 9.92. The molecule has 4 heteroatoms. The first-order chi connectivity index (χ1) is 25.7. The SMILES string of the molecule is C/C=C(/N=C(\N=C(/C)c1ccccc1)n1c2ccccc2c2cc(-c3ccc4c(c3)c3ccccc3n4-c3ccccc3)ccc21)c1ccccc1. The Labute approximate surface area is 303 Å². The summed E-state index contributed by atoms with van der Waals surface area (Å²) in [6.45, 7) is 4.09. The molecule has 0 aliphatic carbocycles. The third-order valence-corrected chi connectivity index (χ3v) is 9.92. The molecular formula is C48H36N4. The summed E-state index contributed by atoms with van der Waals surface area (Å²) >= 11 is 0. The average Bonchev–Trinajstić information content (AvgIpc) is 3.72. The zero-order chi connectivity index (χ0) is 35.0. The first-order valence-electron chi connectivity index (χ1n) is 17.7. The molecule has 2 heterocycles. The minimum atomic E-state index is 0.618. The van der Waals surface area contributed by atoms with Crippen LogP contribution in [0.25, 0.3) is 66.1 Å². The summed E-state index contributed by atoms with van der Waals surface area (Å²) < 4.78 is 4.57. The Balaban J connectivity index is 1.24. The van der Waals surface area contributed by atoms with Gasteiger partial charge in [-0.25, -0.2) is 9.98 Å². The van der Waals surface area contributed by atoms with E-state index < -0.39 is 0 Å². The van der Waals surface area contributed by atoms with Gasteiger partial charge in [0.25, 0.3) is 0 Å². The summed E-state index contributed by atoms with van der Waals surface area (Å²) in [7, 11) is 0. The van der Waals surface area contributed by atoms with Crippen LogP contribution in [0.1, 0.15) is 25.0 Å². The Morgan fingerprint density at radius 2 is 0.942 bits per heavy atom. The highest BCUT2D eigenvalue weighted by atomic mass is 15.2. The normalized spacial score (nSPS) is 12.8. The number of hydrogen-bond donors (Lipinski definition) is 0. The van der Waals surface area contributed by atoms with Gasteiger partial charge in [0.1, 0.15) is 0 Å². The fraction of sp³-hybridized carbons (Fsp3) is 0.0417. The molecule has 0 aliphatic rings. The van der Waals surface area contributed by atoms with E-state index in [0.29, 0.717) is 5.96 Å². The van der Waals surface area contributed by atoms with Crippen molar-refractivity contribution in [2.75, 3.05) is 0 Å². The quantitative estimate of drug-likeness (QED) is 0.129. The molecule has 2 aromatic heterocycles. The van der Waals surface area contributed by atoms with Crippen LogP contribution >= 0.6 is 0 Å². The molecule has 0 aliphatic heterocycles. The van der Waals surface area contributed by atoms with Crippen molar-refractivity contribution in [3.63, 3.8) is 0 Å². The van der Waals surface area contributed by atoms with Gasteiger partial charge in [-0.15, -0.1) is 0 Å². The maximum atomic E-state index is 5.29. The van der Waals surface area contributed by atoms with Crippen molar-refractivity contribution in [3.05, 3.63) is 193 Å². The Bertz CT molecular complexity index is 2840. The number of nitrogens with zero attached hydrogens (tertiary/aromatic N) is 4. The molecule has 0 fully saturated rings. The lowest BCUT2D eigenvalue weighted by Gasteiger charge is -2.11. The Kier molecular flexibility index (Phi) is 7.90. The molecule has 248 valence electrons. The summed E-state index contributed by atoms with van der Waals surface area (Å²) in [5, 5.41) is 4.79. The standard InChI is InChI=1S/C48H36N4/c1-3-43(35-19-9-5-10-20-35)50-48(49-33(2)34-17-7-4-8-18-34)52-45-26-16-14-24-40(45)42-32-37(28-30-47(42)52)36-27-29-46-41(31-36)39-23-13-15-25-44(39)51(46)38-21-11-6-12-22-38/h3-32H,1-2H3/b43-3+,49-33+,50-48+. The largest absolute Gasteiger partial charge is 0.309 e. The Hall–Kier alpha value is -6.78. The van der Waals surface area contributed by atoms with Crippen LogP contribution < -0.4 is 0 Å². The summed E-state index contributed by atoms with van der Waals surface area (Å²) in [6, 6.07) is 62.1. The van der Waals surface area contributed by atoms with Crippen LogP contribution in [-0.2, 0) is 0 Å². The molecule has 0 N–H and O–H groups in total. The molecule has 0 saturated heterocycles. The van der Waals surface area contributed by atoms with Crippen LogP contribution in [0.5, 0.6) is 0 Å². The van der Waals surface area contributed by atoms with E-state index in [2.05, 4.69) is 162 Å². The van der Waals surface area contributed by atoms with Gasteiger partial charge in [-0.2, -0.15) is 0 Å². The second kappa shape index (κ2) is 13.2. The Morgan fingerprint density at radius 1 is 0.462 bits per heavy atom. The van der Waals surface area contributed by atoms with E-state index in [4.69, 9.17) is 9.98 Å². The molecule has 0 amide bonds. The van der Waals surface area contributed by atoms with Gasteiger partial charge in [0.15, 0.2) is 0 Å². The summed E-state index contributed by atoms with van der Waals surface area (Å²) in [4.78, 5) is 10.6. The van der Waals surface area contributed by atoms with Crippen molar-refractivity contribution in [1.82, 2.24) is 9.13 Å². The number of aliphatic imine (C=N–C) groups is 2. The molecule has 0 bridgehead atoms. The first-order valence-corrected chi connectivity index (χ1v) is 17.7. The molecule has 0 saturated carbocycles. The number of aromatic nitrogens is 2. The van der Waals surface area contributed by atoms with E-state index in [1.165, 1.54) is 27.4 Å². The molecule has 0 radical (unpaired) electrons. The molecule has 52 heavy (non-hydrogen) atoms. The number of allylic oxidation sites excluding steroid dienone is 1. The number of fused-ring (bicyclic) bond motifs is 6. The van der Waals surface area contributed by atoms with E-state index in [-0.39, 0.29) is 0 Å². The number of para-hydroxylation sites is 3. The zero-order valence-corrected chi connectivity index (χ0v) is 29.1. The van der Waals surface area contributed by atoms with E-state index in [1.54, 1.807) is 0 Å². The molecule has 4 nitrogen and oxygen atoms in total. The highest BCUT2D eigenvalue weighted by Gasteiger charge is 2.18. The minimum absolute atomic E-state index is 0.618. The summed E-state index contributed by atoms with van der Waals surface area (Å²) in [5.74, 6) is 0.618. The number of benzene rings is 7. The van der Waals surface area contributed by atoms with Gasteiger partial charge in [0.2, 0.25) is 5.96 Å². The lowest BCUT2D eigenvalue weighted by Crippen LogP contribution is -2.12. The highest BCUT2D eigenvalue weighted by Crippen LogP contribution is 2.37. The van der Waals surface area contributed by atoms with Crippen LogP contribution in [-0.4, -0.2) is 20.8 Å². The van der Waals surface area contributed by atoms with E-state index in [0.717, 1.165) is 55.6 Å². The van der Waals surface area contributed by atoms with Crippen molar-refractivity contribution in [3.8, 4) is 16.8 Å². The molecule has 0 unspecified atom stereocenters. The smallest absolute Gasteiger partial charge is 0.235 e. The fourth-order valence-corrected chi connectivity index (χ4v) is 7.41. The van der Waals surface area contributed by atoms with Crippen molar-refractivity contribution in [2.45, 2.75) is 13.8 Å². The van der Waals surface area contributed by atoms with Gasteiger partial charge < -0.3 is 4.57 Å². The van der Waals surface area contributed by atoms with Gasteiger partial charge in [0.05, 0.1) is 27.8 Å². The van der Waals surface area contributed by atoms with E-state index in [9.17, 15) is 0 Å². The highest BCUT2D eigenvalue weighted by molar-refractivity contribution is 6.18. The second-order valence-electron chi connectivity index (χ2n) is 13.0. The van der Waals surface area contributed by atoms with Crippen LogP contribution in [0.3, 0.4) is 0 Å². The van der Waals surface area contributed by atoms with Crippen LogP contribution in [0.2, 0.25) is 0 Å². The molecular weight excluding hydrogens is 633 g/mol. The van der Waals surface area contributed by atoms with Gasteiger partial charge in [0, 0.05) is 32.9 Å². The topological polar surface area (TPSA) is 34.6 Å². The third kappa shape index (κ3) is 5.42. The molecule has 9 rings (SSSR count). The lowest BCUT2D eigenvalue weighted by molar-refractivity contribution is 1.18. The summed E-state index contributed by atoms with van der Waals surface area (Å²) in [5.41, 5.74) is 11.9. The van der Waals surface area contributed by atoms with Crippen molar-refractivity contribution < 1.29 is 0 Å². The fourth-order valence-electron chi connectivity index (χ4n) is 7.41. The predicted octanol–water partition coefficient (Wildman–Crippen LogP) is 12.3. The maximum Gasteiger partial charge on any atom is 0.235 e. The zero-order valence-electron chi connectivity index (χ0n) is 29.1. The molecule has 9 aromatic rings. The van der Waals surface area contributed by atoms with Crippen molar-refractivity contribution >= 4 is 61.0 Å². The van der Waals surface area contributed by atoms with Gasteiger partial charge in [-0.1, -0.05) is 133 Å². The molecule has 7 aromatic carbocycles. The summed E-state index contributed by atoms with van der Waals surface area (Å²) in [6.07, 6.45) is 2.06. The lowest BCUT2D eigenvalue weighted by atomic mass is 10.0. The molecule has 0 spiro atoms. The van der Waals surface area contributed by atoms with Gasteiger partial charge >= 0.3 is 0 Å². The van der Waals surface area contributed by atoms with Crippen molar-refractivity contribution in [1.29, 1.82) is 0 Å². The van der Waals surface area contributed by atoms with Gasteiger partial charge in [-0.3, -0.25) is 4.57 Å². The van der Waals surface area contributed by atoms with Gasteiger partial charge in [-0.05, 0) is 84.6 Å². The van der Waals surface area contributed by atoms with Crippen LogP contribution in [0, 0.1) is 0 Å². The molecule has 0 atom stereocenters. The monoisotopic (exact) mass is 668 g/mol. The first kappa shape index (κ1) is 31.2. The maximum absolute atomic E-state index is 5.29. The Morgan fingerprint density at radius 3 is 1.60 bits per heavy atom. The number of hydrogen-bond acceptors (Lipinski definition) is 1. The number of rotatable bonds is 5. The second-order valence-corrected chi connectivity index (χ2v) is 13.0. The van der Waals surface area contributed by atoms with E-state index in [1.807, 2.05) is 43.3 Å². The van der Waals surface area contributed by atoms with Crippen LogP contribution in [0.15, 0.2) is 192 Å². The average molecular weight is 669 g/mol. The predicted molar refractivity (Wildman–Crippen MR) is 221 cm³/mol. The minimum Gasteiger partial charge on any atom is -0.309 e. The van der Waals surface area contributed by atoms with Crippen molar-refractivity contribution in [2.24, 2.45) is 9.98 Å².